The summed E-state index contributed by atoms with van der Waals surface area (Å²) in [4.78, 5) is 75.5. The predicted molar refractivity (Wildman–Crippen MR) is 277 cm³/mol. The van der Waals surface area contributed by atoms with Gasteiger partial charge in [-0.3, -0.25) is 24.0 Å². The summed E-state index contributed by atoms with van der Waals surface area (Å²) < 4.78 is 7.07. The Bertz CT molecular complexity index is 2060. The van der Waals surface area contributed by atoms with Crippen LogP contribution in [0.25, 0.3) is 0 Å². The third-order valence-corrected chi connectivity index (χ3v) is 15.6. The van der Waals surface area contributed by atoms with Crippen LogP contribution in [0, 0.1) is 5.92 Å². The molecule has 3 aromatic carbocycles. The van der Waals surface area contributed by atoms with Gasteiger partial charge in [0.05, 0.1) is 10.8 Å². The molecule has 0 aliphatic heterocycles. The molecule has 12 heteroatoms. The molecule has 67 heavy (non-hydrogen) atoms. The summed E-state index contributed by atoms with van der Waals surface area (Å²) in [6.45, 7) is 3.84. The lowest BCUT2D eigenvalue weighted by Crippen LogP contribution is -2.63. The first-order chi connectivity index (χ1) is 32.2. The standard InChI is InChI=1S/C55H76ClIN4O6/c1-7-40(2)50(61(6)53(66)54(36-24-25-37-54)58-48(62)39-57)52(65)60(5)47(51(64)59(3)4)38-49(63)67-55(43-28-20-17-21-29-43,45-30-22-23-31-46(45)56)44-34-32-42(33-35-44)41-26-18-15-13-11-9-8-10-12-14-16-19-27-41/h17,20-23,28-35,40-41,47,50H,7-16,18-19,24-27,36-39H2,1-6H3,(H,58,62)/t40-,47-,50-,55?/m0/s1. The Labute approximate surface area is 419 Å². The normalized spacial score (nSPS) is 18.5. The SMILES string of the molecule is CC[C@H](C)[C@@H](C(=O)N(C)[C@@H](CC(=O)OC(c1ccccc1)(c1ccc(C2CCCCCCCCCCCCC2)cc1)c1ccccc1Cl)C(=O)N(C)C)N(C)C(=O)C1(NC(=O)CI)CCCC1. The minimum atomic E-state index is -1.53. The van der Waals surface area contributed by atoms with Gasteiger partial charge < -0.3 is 24.8 Å². The van der Waals surface area contributed by atoms with Crippen molar-refractivity contribution in [3.63, 3.8) is 0 Å². The monoisotopic (exact) mass is 1050 g/mol. The van der Waals surface area contributed by atoms with E-state index in [9.17, 15) is 24.0 Å². The zero-order valence-electron chi connectivity index (χ0n) is 41.0. The second-order valence-electron chi connectivity index (χ2n) is 19.4. The minimum Gasteiger partial charge on any atom is -0.444 e. The van der Waals surface area contributed by atoms with Crippen molar-refractivity contribution in [2.24, 2.45) is 5.92 Å². The van der Waals surface area contributed by atoms with Crippen LogP contribution in [-0.4, -0.2) is 94.5 Å². The van der Waals surface area contributed by atoms with E-state index in [1.165, 1.54) is 97.9 Å². The molecule has 0 bridgehead atoms. The highest BCUT2D eigenvalue weighted by Crippen LogP contribution is 2.45. The molecule has 366 valence electrons. The van der Waals surface area contributed by atoms with Crippen molar-refractivity contribution in [1.82, 2.24) is 20.0 Å². The van der Waals surface area contributed by atoms with Crippen LogP contribution in [0.5, 0.6) is 0 Å². The van der Waals surface area contributed by atoms with Gasteiger partial charge in [0, 0.05) is 49.9 Å². The number of hydrogen-bond acceptors (Lipinski definition) is 6. The molecule has 0 aromatic heterocycles. The van der Waals surface area contributed by atoms with Crippen LogP contribution in [0.15, 0.2) is 78.9 Å². The van der Waals surface area contributed by atoms with E-state index in [1.807, 2.05) is 85.0 Å². The first-order valence-corrected chi connectivity index (χ1v) is 26.9. The topological polar surface area (TPSA) is 116 Å². The summed E-state index contributed by atoms with van der Waals surface area (Å²) in [5, 5.41) is 3.40. The van der Waals surface area contributed by atoms with E-state index in [2.05, 4.69) is 29.6 Å². The number of hydrogen-bond donors (Lipinski definition) is 1. The van der Waals surface area contributed by atoms with E-state index in [0.717, 1.165) is 25.7 Å². The van der Waals surface area contributed by atoms with E-state index in [4.69, 9.17) is 16.3 Å². The molecule has 1 N–H and O–H groups in total. The Kier molecular flexibility index (Phi) is 21.1. The molecule has 3 aromatic rings. The molecule has 2 aliphatic rings. The fourth-order valence-corrected chi connectivity index (χ4v) is 10.9. The minimum absolute atomic E-state index is 0.200. The van der Waals surface area contributed by atoms with Crippen molar-refractivity contribution < 1.29 is 28.7 Å². The summed E-state index contributed by atoms with van der Waals surface area (Å²) in [5.41, 5.74) is 0.566. The predicted octanol–water partition coefficient (Wildman–Crippen LogP) is 11.4. The van der Waals surface area contributed by atoms with E-state index < -0.39 is 47.4 Å². The number of likely N-dealkylation sites (N-methyl/N-ethyl adjacent to an activating group) is 3. The highest BCUT2D eigenvalue weighted by Gasteiger charge is 2.49. The van der Waals surface area contributed by atoms with Gasteiger partial charge >= 0.3 is 5.97 Å². The zero-order chi connectivity index (χ0) is 48.6. The number of nitrogens with zero attached hydrogens (tertiary/aromatic N) is 3. The van der Waals surface area contributed by atoms with E-state index in [0.29, 0.717) is 46.9 Å². The van der Waals surface area contributed by atoms with Crippen LogP contribution in [0.3, 0.4) is 0 Å². The number of halogens is 2. The fraction of sp³-hybridized carbons (Fsp3) is 0.582. The number of alkyl halides is 1. The third kappa shape index (κ3) is 13.6. The number of benzene rings is 3. The summed E-state index contributed by atoms with van der Waals surface area (Å²) >= 11 is 9.09. The maximum absolute atomic E-state index is 15.0. The van der Waals surface area contributed by atoms with E-state index in [1.54, 1.807) is 27.2 Å². The molecule has 0 spiro atoms. The van der Waals surface area contributed by atoms with Crippen LogP contribution < -0.4 is 5.32 Å². The second-order valence-corrected chi connectivity index (χ2v) is 20.6. The van der Waals surface area contributed by atoms with Gasteiger partial charge in [-0.15, -0.1) is 0 Å². The molecule has 2 fully saturated rings. The first kappa shape index (κ1) is 54.0. The second kappa shape index (κ2) is 26.1. The molecule has 2 saturated carbocycles. The number of rotatable bonds is 16. The molecule has 0 radical (unpaired) electrons. The van der Waals surface area contributed by atoms with Crippen molar-refractivity contribution in [3.8, 4) is 0 Å². The lowest BCUT2D eigenvalue weighted by Gasteiger charge is -2.41. The van der Waals surface area contributed by atoms with Crippen molar-refractivity contribution >= 4 is 63.8 Å². The average Bonchev–Trinajstić information content (AvgIpc) is 3.82. The number of amides is 4. The van der Waals surface area contributed by atoms with E-state index in [-0.39, 0.29) is 22.2 Å². The molecule has 5 rings (SSSR count). The van der Waals surface area contributed by atoms with E-state index >= 15 is 0 Å². The van der Waals surface area contributed by atoms with Gasteiger partial charge in [0.1, 0.15) is 17.6 Å². The van der Waals surface area contributed by atoms with Crippen molar-refractivity contribution in [1.29, 1.82) is 0 Å². The Morgan fingerprint density at radius 1 is 0.716 bits per heavy atom. The largest absolute Gasteiger partial charge is 0.444 e. The van der Waals surface area contributed by atoms with Crippen LogP contribution in [-0.2, 0) is 34.3 Å². The third-order valence-electron chi connectivity index (χ3n) is 14.5. The maximum Gasteiger partial charge on any atom is 0.310 e. The van der Waals surface area contributed by atoms with Gasteiger partial charge in [-0.1, -0.05) is 211 Å². The smallest absolute Gasteiger partial charge is 0.310 e. The van der Waals surface area contributed by atoms with Crippen LogP contribution in [0.1, 0.15) is 164 Å². The molecule has 2 aliphatic carbocycles. The molecule has 1 unspecified atom stereocenters. The van der Waals surface area contributed by atoms with Crippen molar-refractivity contribution in [2.75, 3.05) is 32.6 Å². The molecule has 10 nitrogen and oxygen atoms in total. The number of nitrogens with one attached hydrogen (secondary N) is 1. The van der Waals surface area contributed by atoms with Crippen LogP contribution >= 0.6 is 34.2 Å². The number of esters is 1. The lowest BCUT2D eigenvalue weighted by atomic mass is 9.78. The average molecular weight is 1050 g/mol. The summed E-state index contributed by atoms with van der Waals surface area (Å²) in [7, 11) is 6.29. The quantitative estimate of drug-likeness (QED) is 0.0661. The molecule has 4 amide bonds. The summed E-state index contributed by atoms with van der Waals surface area (Å²) in [6.07, 6.45) is 19.0. The Hall–Kier alpha value is -3.97. The van der Waals surface area contributed by atoms with Crippen molar-refractivity contribution in [3.05, 3.63) is 106 Å². The van der Waals surface area contributed by atoms with Gasteiger partial charge in [0.2, 0.25) is 23.6 Å². The Morgan fingerprint density at radius 2 is 1.24 bits per heavy atom. The molecule has 0 heterocycles. The van der Waals surface area contributed by atoms with Gasteiger partial charge in [0.25, 0.3) is 0 Å². The Morgan fingerprint density at radius 3 is 1.76 bits per heavy atom. The van der Waals surface area contributed by atoms with Gasteiger partial charge in [-0.25, -0.2) is 0 Å². The fourth-order valence-electron chi connectivity index (χ4n) is 10.5. The first-order valence-electron chi connectivity index (χ1n) is 25.0. The maximum atomic E-state index is 15.0. The molecule has 0 saturated heterocycles. The van der Waals surface area contributed by atoms with Gasteiger partial charge in [-0.2, -0.15) is 0 Å². The highest BCUT2D eigenvalue weighted by atomic mass is 127. The molecular weight excluding hydrogens is 975 g/mol. The number of carbonyl (C=O) groups excluding carboxylic acids is 5. The number of ether oxygens (including phenoxy) is 1. The van der Waals surface area contributed by atoms with Crippen LogP contribution in [0.2, 0.25) is 5.02 Å². The lowest BCUT2D eigenvalue weighted by molar-refractivity contribution is -0.160. The Balaban J connectivity index is 1.52. The van der Waals surface area contributed by atoms with Crippen molar-refractivity contribution in [2.45, 2.75) is 165 Å². The van der Waals surface area contributed by atoms with Gasteiger partial charge in [0.15, 0.2) is 5.60 Å². The molecule has 4 atom stereocenters. The zero-order valence-corrected chi connectivity index (χ0v) is 43.9. The summed E-state index contributed by atoms with van der Waals surface area (Å²) in [6, 6.07) is 23.2. The highest BCUT2D eigenvalue weighted by molar-refractivity contribution is 14.1. The van der Waals surface area contributed by atoms with Gasteiger partial charge in [-0.05, 0) is 49.1 Å². The molecular formula is C55H76ClIN4O6. The number of carbonyl (C=O) groups is 5. The van der Waals surface area contributed by atoms with Crippen LogP contribution in [0.4, 0.5) is 0 Å². The summed E-state index contributed by atoms with van der Waals surface area (Å²) in [5.74, 6) is -2.14.